The third-order valence-electron chi connectivity index (χ3n) is 2.79. The molecule has 1 aromatic heterocycles. The van der Waals surface area contributed by atoms with Gasteiger partial charge in [0.05, 0.1) is 10.2 Å². The normalized spacial score (nSPS) is 10.9. The molecule has 0 aliphatic heterocycles. The molecule has 0 atom stereocenters. The Hall–Kier alpha value is -1.72. The fraction of sp³-hybridized carbons (Fsp3) is 0.0714. The van der Waals surface area contributed by atoms with E-state index in [1.807, 2.05) is 6.07 Å². The van der Waals surface area contributed by atoms with E-state index >= 15 is 0 Å². The van der Waals surface area contributed by atoms with Crippen LogP contribution in [0.5, 0.6) is 0 Å². The van der Waals surface area contributed by atoms with E-state index in [1.54, 1.807) is 12.1 Å². The van der Waals surface area contributed by atoms with E-state index in [-0.39, 0.29) is 12.1 Å². The first-order valence-corrected chi connectivity index (χ1v) is 7.05. The smallest absolute Gasteiger partial charge is 0.184 e. The summed E-state index contributed by atoms with van der Waals surface area (Å²) in [6.45, 7) is 0.178. The summed E-state index contributed by atoms with van der Waals surface area (Å²) < 4.78 is 27.5. The molecular weight excluding hydrogens is 302 g/mol. The van der Waals surface area contributed by atoms with E-state index < -0.39 is 11.6 Å². The molecule has 0 saturated carbocycles. The molecular formula is C14H9ClF2N2S. The molecule has 3 rings (SSSR count). The minimum absolute atomic E-state index is 0.178. The Morgan fingerprint density at radius 3 is 2.85 bits per heavy atom. The number of thiazole rings is 1. The lowest BCUT2D eigenvalue weighted by Crippen LogP contribution is -2.01. The van der Waals surface area contributed by atoms with Crippen LogP contribution in [0.15, 0.2) is 36.4 Å². The predicted molar refractivity (Wildman–Crippen MR) is 78.3 cm³/mol. The van der Waals surface area contributed by atoms with Gasteiger partial charge >= 0.3 is 0 Å². The number of rotatable bonds is 3. The van der Waals surface area contributed by atoms with Gasteiger partial charge in [-0.1, -0.05) is 22.9 Å². The van der Waals surface area contributed by atoms with Gasteiger partial charge in [0.1, 0.15) is 11.6 Å². The van der Waals surface area contributed by atoms with E-state index in [1.165, 1.54) is 17.4 Å². The molecule has 6 heteroatoms. The molecule has 0 amide bonds. The highest BCUT2D eigenvalue weighted by atomic mass is 35.5. The SMILES string of the molecule is Fc1ccc(F)c(CNc2nc3cc(Cl)ccc3s2)c1. The third-order valence-corrected chi connectivity index (χ3v) is 4.02. The van der Waals surface area contributed by atoms with Gasteiger partial charge in [-0.2, -0.15) is 0 Å². The van der Waals surface area contributed by atoms with Crippen LogP contribution in [0.1, 0.15) is 5.56 Å². The van der Waals surface area contributed by atoms with Crippen molar-refractivity contribution in [2.24, 2.45) is 0 Å². The summed E-state index contributed by atoms with van der Waals surface area (Å²) >= 11 is 7.33. The summed E-state index contributed by atoms with van der Waals surface area (Å²) in [6.07, 6.45) is 0. The van der Waals surface area contributed by atoms with Crippen LogP contribution in [0.25, 0.3) is 10.2 Å². The Morgan fingerprint density at radius 1 is 1.15 bits per heavy atom. The number of fused-ring (bicyclic) bond motifs is 1. The van der Waals surface area contributed by atoms with Gasteiger partial charge in [0.2, 0.25) is 0 Å². The average molecular weight is 311 g/mol. The number of hydrogen-bond donors (Lipinski definition) is 1. The van der Waals surface area contributed by atoms with Crippen LogP contribution in [-0.4, -0.2) is 4.98 Å². The summed E-state index contributed by atoms with van der Waals surface area (Å²) in [6, 6.07) is 8.82. The average Bonchev–Trinajstić information content (AvgIpc) is 2.81. The van der Waals surface area contributed by atoms with E-state index in [0.29, 0.717) is 10.2 Å². The van der Waals surface area contributed by atoms with Gasteiger partial charge in [-0.05, 0) is 36.4 Å². The van der Waals surface area contributed by atoms with Crippen molar-refractivity contribution >= 4 is 38.3 Å². The molecule has 1 N–H and O–H groups in total. The molecule has 0 spiro atoms. The monoisotopic (exact) mass is 310 g/mol. The topological polar surface area (TPSA) is 24.9 Å². The first kappa shape index (κ1) is 13.3. The molecule has 0 bridgehead atoms. The fourth-order valence-electron chi connectivity index (χ4n) is 1.83. The van der Waals surface area contributed by atoms with Gasteiger partial charge in [-0.15, -0.1) is 0 Å². The van der Waals surface area contributed by atoms with Crippen molar-refractivity contribution in [2.75, 3.05) is 5.32 Å². The Balaban J connectivity index is 1.81. The first-order chi connectivity index (χ1) is 9.61. The van der Waals surface area contributed by atoms with Gasteiger partial charge in [-0.25, -0.2) is 13.8 Å². The Morgan fingerprint density at radius 2 is 2.00 bits per heavy atom. The molecule has 102 valence electrons. The summed E-state index contributed by atoms with van der Waals surface area (Å²) in [5, 5.41) is 4.26. The van der Waals surface area contributed by atoms with Crippen LogP contribution in [0.2, 0.25) is 5.02 Å². The Kier molecular flexibility index (Phi) is 3.54. The number of hydrogen-bond acceptors (Lipinski definition) is 3. The standard InChI is InChI=1S/C14H9ClF2N2S/c15-9-1-4-13-12(6-9)19-14(20-13)18-7-8-5-10(16)2-3-11(8)17/h1-6H,7H2,(H,18,19). The predicted octanol–water partition coefficient (Wildman–Crippen LogP) is 4.84. The summed E-state index contributed by atoms with van der Waals surface area (Å²) in [7, 11) is 0. The number of nitrogens with one attached hydrogen (secondary N) is 1. The van der Waals surface area contributed by atoms with E-state index in [2.05, 4.69) is 10.3 Å². The van der Waals surface area contributed by atoms with Crippen LogP contribution < -0.4 is 5.32 Å². The lowest BCUT2D eigenvalue weighted by atomic mass is 10.2. The van der Waals surface area contributed by atoms with Crippen molar-refractivity contribution in [3.8, 4) is 0 Å². The Bertz CT molecular complexity index is 773. The number of halogens is 3. The van der Waals surface area contributed by atoms with Crippen molar-refractivity contribution in [2.45, 2.75) is 6.54 Å². The highest BCUT2D eigenvalue weighted by molar-refractivity contribution is 7.22. The highest BCUT2D eigenvalue weighted by Crippen LogP contribution is 2.28. The quantitative estimate of drug-likeness (QED) is 0.748. The second-order valence-electron chi connectivity index (χ2n) is 4.22. The second kappa shape index (κ2) is 5.34. The Labute approximate surface area is 123 Å². The number of nitrogens with zero attached hydrogens (tertiary/aromatic N) is 1. The molecule has 0 saturated heterocycles. The first-order valence-electron chi connectivity index (χ1n) is 5.86. The molecule has 1 heterocycles. The van der Waals surface area contributed by atoms with Crippen LogP contribution in [-0.2, 0) is 6.54 Å². The van der Waals surface area contributed by atoms with Crippen molar-refractivity contribution < 1.29 is 8.78 Å². The van der Waals surface area contributed by atoms with Crippen LogP contribution in [0.3, 0.4) is 0 Å². The lowest BCUT2D eigenvalue weighted by Gasteiger charge is -2.04. The molecule has 0 aliphatic carbocycles. The van der Waals surface area contributed by atoms with Crippen molar-refractivity contribution in [1.82, 2.24) is 4.98 Å². The molecule has 0 aliphatic rings. The minimum atomic E-state index is -0.459. The zero-order valence-corrected chi connectivity index (χ0v) is 11.7. The van der Waals surface area contributed by atoms with Crippen molar-refractivity contribution in [3.63, 3.8) is 0 Å². The molecule has 0 radical (unpaired) electrons. The van der Waals surface area contributed by atoms with Crippen LogP contribution in [0.4, 0.5) is 13.9 Å². The minimum Gasteiger partial charge on any atom is -0.357 e. The summed E-state index contributed by atoms with van der Waals surface area (Å²) in [5.74, 6) is -0.901. The largest absolute Gasteiger partial charge is 0.357 e. The summed E-state index contributed by atoms with van der Waals surface area (Å²) in [4.78, 5) is 4.35. The molecule has 0 fully saturated rings. The van der Waals surface area contributed by atoms with E-state index in [0.717, 1.165) is 22.3 Å². The lowest BCUT2D eigenvalue weighted by molar-refractivity contribution is 0.587. The van der Waals surface area contributed by atoms with Gasteiger partial charge < -0.3 is 5.32 Å². The maximum Gasteiger partial charge on any atom is 0.184 e. The van der Waals surface area contributed by atoms with Gasteiger partial charge in [0.25, 0.3) is 0 Å². The third kappa shape index (κ3) is 2.73. The summed E-state index contributed by atoms with van der Waals surface area (Å²) in [5.41, 5.74) is 1.05. The molecule has 20 heavy (non-hydrogen) atoms. The number of benzene rings is 2. The molecule has 2 aromatic carbocycles. The van der Waals surface area contributed by atoms with Crippen molar-refractivity contribution in [3.05, 3.63) is 58.6 Å². The zero-order valence-electron chi connectivity index (χ0n) is 10.2. The van der Waals surface area contributed by atoms with E-state index in [4.69, 9.17) is 11.6 Å². The van der Waals surface area contributed by atoms with Gasteiger partial charge in [0, 0.05) is 17.1 Å². The number of aromatic nitrogens is 1. The maximum absolute atomic E-state index is 13.5. The second-order valence-corrected chi connectivity index (χ2v) is 5.69. The highest BCUT2D eigenvalue weighted by Gasteiger charge is 2.07. The van der Waals surface area contributed by atoms with Crippen LogP contribution >= 0.6 is 22.9 Å². The van der Waals surface area contributed by atoms with E-state index in [9.17, 15) is 8.78 Å². The molecule has 0 unspecified atom stereocenters. The van der Waals surface area contributed by atoms with Crippen molar-refractivity contribution in [1.29, 1.82) is 0 Å². The van der Waals surface area contributed by atoms with Gasteiger partial charge in [0.15, 0.2) is 5.13 Å². The fourth-order valence-corrected chi connectivity index (χ4v) is 2.83. The molecule has 2 nitrogen and oxygen atoms in total. The van der Waals surface area contributed by atoms with Gasteiger partial charge in [-0.3, -0.25) is 0 Å². The zero-order chi connectivity index (χ0) is 14.1. The maximum atomic E-state index is 13.5. The van der Waals surface area contributed by atoms with Crippen LogP contribution in [0, 0.1) is 11.6 Å². The number of anilines is 1. The molecule has 3 aromatic rings.